The molecule has 6 aliphatic rings. The van der Waals surface area contributed by atoms with Crippen molar-refractivity contribution in [1.82, 2.24) is 45.0 Å². The van der Waals surface area contributed by atoms with E-state index >= 15 is 0 Å². The third-order valence-corrected chi connectivity index (χ3v) is 18.3. The summed E-state index contributed by atoms with van der Waals surface area (Å²) in [4.78, 5) is 14.3. The first-order valence-corrected chi connectivity index (χ1v) is 29.8. The quantitative estimate of drug-likeness (QED) is 0.0422. The second kappa shape index (κ2) is 25.0. The van der Waals surface area contributed by atoms with Gasteiger partial charge in [0.05, 0.1) is 58.2 Å². The maximum atomic E-state index is 14.8. The summed E-state index contributed by atoms with van der Waals surface area (Å²) in [5.41, 5.74) is -2.06. The van der Waals surface area contributed by atoms with Gasteiger partial charge in [0, 0.05) is 36.0 Å². The Kier molecular flexibility index (Phi) is 17.8. The SMILES string of the molecule is OCC1OC2(CCCCO2)C(O[P+](O)(OC2C(n3cc(-c4cc(F)c(F)c(F)c4)nn3)C(O)C(CO)OC23CCCCO3)OC2C(n3cc(-c4cc(F)c(F)c(F)c4)nn3)C(O)C(CO)OC23CCCCO3)C(n2cc(-c3cc(F)c(F)c(F)c3)nn2)C1O. The van der Waals surface area contributed by atoms with Crippen molar-refractivity contribution in [3.63, 3.8) is 0 Å². The molecule has 7 N–H and O–H groups in total. The largest absolute Gasteiger partial charge is 0.574 e. The average molecular weight is 1290 g/mol. The van der Waals surface area contributed by atoms with Crippen LogP contribution in [0.25, 0.3) is 33.8 Å². The molecule has 0 bridgehead atoms. The zero-order chi connectivity index (χ0) is 62.9. The van der Waals surface area contributed by atoms with Crippen molar-refractivity contribution < 1.29 is 117 Å². The minimum atomic E-state index is -5.91. The van der Waals surface area contributed by atoms with E-state index in [0.29, 0.717) is 55.7 Å². The molecule has 15 unspecified atom stereocenters. The fraction of sp³-hybridized carbons (Fsp3) is 0.556. The maximum absolute atomic E-state index is 14.8. The second-order valence-corrected chi connectivity index (χ2v) is 23.9. The molecule has 3 aromatic heterocycles. The van der Waals surface area contributed by atoms with Gasteiger partial charge in [-0.05, 0) is 74.9 Å². The number of hydrogen-bond donors (Lipinski definition) is 7. The van der Waals surface area contributed by atoms with Gasteiger partial charge in [-0.1, -0.05) is 15.6 Å². The van der Waals surface area contributed by atoms with Gasteiger partial charge < -0.3 is 59.1 Å². The lowest BCUT2D eigenvalue weighted by molar-refractivity contribution is -0.379. The Morgan fingerprint density at radius 3 is 0.921 bits per heavy atom. The molecular formula is C54H58F9N9O16P+. The van der Waals surface area contributed by atoms with Gasteiger partial charge in [0.1, 0.15) is 71.8 Å². The Morgan fingerprint density at radius 2 is 0.697 bits per heavy atom. The molecule has 12 rings (SSSR count). The van der Waals surface area contributed by atoms with Crippen LogP contribution in [0.1, 0.15) is 75.9 Å². The molecule has 9 heterocycles. The van der Waals surface area contributed by atoms with Crippen molar-refractivity contribution in [2.75, 3.05) is 39.6 Å². The van der Waals surface area contributed by atoms with E-state index in [0.717, 1.165) is 32.6 Å². The molecule has 3 aromatic carbocycles. The fourth-order valence-corrected chi connectivity index (χ4v) is 14.4. The molecule has 25 nitrogen and oxygen atoms in total. The predicted molar refractivity (Wildman–Crippen MR) is 278 cm³/mol. The minimum absolute atomic E-state index is 0.127. The predicted octanol–water partition coefficient (Wildman–Crippen LogP) is 4.51. The number of aliphatic hydroxyl groups is 6. The van der Waals surface area contributed by atoms with Crippen molar-refractivity contribution in [3.8, 4) is 33.8 Å². The highest BCUT2D eigenvalue weighted by molar-refractivity contribution is 7.55. The lowest BCUT2D eigenvalue weighted by Crippen LogP contribution is -2.67. The summed E-state index contributed by atoms with van der Waals surface area (Å²) >= 11 is 0. The molecule has 482 valence electrons. The topological polar surface area (TPSA) is 317 Å². The van der Waals surface area contributed by atoms with Crippen LogP contribution in [0, 0.1) is 52.4 Å². The van der Waals surface area contributed by atoms with Crippen molar-refractivity contribution >= 4 is 8.17 Å². The normalized spacial score (nSPS) is 33.3. The van der Waals surface area contributed by atoms with Gasteiger partial charge in [-0.2, -0.15) is 4.89 Å². The maximum Gasteiger partial charge on any atom is 0.574 e. The van der Waals surface area contributed by atoms with Crippen LogP contribution in [0.15, 0.2) is 55.0 Å². The van der Waals surface area contributed by atoms with Crippen LogP contribution in [0.3, 0.4) is 0 Å². The highest BCUT2D eigenvalue weighted by Crippen LogP contribution is 2.68. The summed E-state index contributed by atoms with van der Waals surface area (Å²) in [5.74, 6) is -21.8. The van der Waals surface area contributed by atoms with Gasteiger partial charge in [-0.3, -0.25) is 0 Å². The van der Waals surface area contributed by atoms with Crippen molar-refractivity contribution in [2.24, 2.45) is 0 Å². The average Bonchev–Trinajstić information content (AvgIpc) is 1.13. The number of benzene rings is 3. The Balaban J connectivity index is 1.06. The van der Waals surface area contributed by atoms with Crippen LogP contribution in [-0.4, -0.2) is 192 Å². The molecule has 6 saturated heterocycles. The van der Waals surface area contributed by atoms with Gasteiger partial charge in [0.2, 0.25) is 17.4 Å². The standard InChI is InChI=1S/C54H58F9N9O16P/c55-28-13-25(14-29(56)40(28)61)34-19-70(67-64-34)43-46(76)37(22-73)83-52(7-1-4-10-80-52)49(43)86-89(79,87-50-44(47(77)38(23-74)84-53(50)8-2-5-11-81-53)71-20-35(65-68-71)26-15-30(57)41(62)31(58)16-26)88-51-45(48(78)39(24-75)85-54(51)9-3-6-12-82-54)72-21-36(66-69-72)27-17-32(59)42(63)33(60)18-27/h13-21,37-39,43-51,73-79H,1-12,22-24H2/q+1. The van der Waals surface area contributed by atoms with E-state index in [1.807, 2.05) is 0 Å². The second-order valence-electron chi connectivity index (χ2n) is 22.4. The van der Waals surface area contributed by atoms with Gasteiger partial charge in [0.25, 0.3) is 0 Å². The van der Waals surface area contributed by atoms with E-state index in [9.17, 15) is 75.0 Å². The van der Waals surface area contributed by atoms with E-state index < -0.39 is 171 Å². The van der Waals surface area contributed by atoms with Crippen LogP contribution in [0.2, 0.25) is 0 Å². The molecule has 0 radical (unpaired) electrons. The molecule has 6 aliphatic heterocycles. The molecule has 3 spiro atoms. The van der Waals surface area contributed by atoms with Crippen LogP contribution in [0.5, 0.6) is 0 Å². The zero-order valence-corrected chi connectivity index (χ0v) is 47.3. The van der Waals surface area contributed by atoms with Gasteiger partial charge in [-0.25, -0.2) is 53.6 Å². The summed E-state index contributed by atoms with van der Waals surface area (Å²) in [6.45, 7) is -3.17. The molecular weight excluding hydrogens is 1230 g/mol. The lowest BCUT2D eigenvalue weighted by Gasteiger charge is -2.54. The Bertz CT molecular complexity index is 3100. The summed E-state index contributed by atoms with van der Waals surface area (Å²) in [5, 5.41) is 94.7. The molecule has 6 fully saturated rings. The van der Waals surface area contributed by atoms with Gasteiger partial charge >= 0.3 is 8.17 Å². The number of aromatic nitrogens is 9. The lowest BCUT2D eigenvalue weighted by atomic mass is 9.86. The van der Waals surface area contributed by atoms with Crippen molar-refractivity contribution in [3.05, 3.63) is 107 Å². The van der Waals surface area contributed by atoms with Crippen molar-refractivity contribution in [1.29, 1.82) is 0 Å². The zero-order valence-electron chi connectivity index (χ0n) is 46.4. The molecule has 15 atom stereocenters. The first-order chi connectivity index (χ1) is 42.6. The Morgan fingerprint density at radius 1 is 0.438 bits per heavy atom. The molecule has 0 aliphatic carbocycles. The van der Waals surface area contributed by atoms with E-state index in [1.165, 1.54) is 0 Å². The van der Waals surface area contributed by atoms with Crippen LogP contribution in [-0.2, 0) is 42.0 Å². The molecule has 6 aromatic rings. The first kappa shape index (κ1) is 63.4. The van der Waals surface area contributed by atoms with E-state index in [2.05, 4.69) is 30.9 Å². The number of nitrogens with zero attached hydrogens (tertiary/aromatic N) is 9. The molecule has 89 heavy (non-hydrogen) atoms. The number of aliphatic hydroxyl groups excluding tert-OH is 6. The summed E-state index contributed by atoms with van der Waals surface area (Å²) < 4.78 is 194. The number of hydrogen-bond acceptors (Lipinski definition) is 22. The molecule has 0 saturated carbocycles. The Hall–Kier alpha value is -5.76. The van der Waals surface area contributed by atoms with E-state index in [1.54, 1.807) is 0 Å². The molecule has 0 amide bonds. The minimum Gasteiger partial charge on any atom is -0.394 e. The third kappa shape index (κ3) is 11.6. The first-order valence-electron chi connectivity index (χ1n) is 28.3. The van der Waals surface area contributed by atoms with Gasteiger partial charge in [-0.15, -0.1) is 28.9 Å². The fourth-order valence-electron chi connectivity index (χ4n) is 12.5. The molecule has 35 heteroatoms. The Labute approximate surface area is 498 Å². The number of halogens is 9. The highest BCUT2D eigenvalue weighted by Gasteiger charge is 2.72. The van der Waals surface area contributed by atoms with E-state index in [-0.39, 0.29) is 92.1 Å². The number of rotatable bonds is 15. The van der Waals surface area contributed by atoms with Crippen LogP contribution in [0.4, 0.5) is 39.5 Å². The summed E-state index contributed by atoms with van der Waals surface area (Å²) in [6.07, 6.45) is -12.6. The van der Waals surface area contributed by atoms with Crippen LogP contribution < -0.4 is 0 Å². The van der Waals surface area contributed by atoms with E-state index in [4.69, 9.17) is 42.0 Å². The summed E-state index contributed by atoms with van der Waals surface area (Å²) in [7, 11) is -5.91. The van der Waals surface area contributed by atoms with Crippen molar-refractivity contribution in [2.45, 2.75) is 148 Å². The van der Waals surface area contributed by atoms with Crippen LogP contribution >= 0.6 is 8.17 Å². The number of ether oxygens (including phenoxy) is 6. The monoisotopic (exact) mass is 1290 g/mol. The van der Waals surface area contributed by atoms with Gasteiger partial charge in [0.15, 0.2) is 70.7 Å². The third-order valence-electron chi connectivity index (χ3n) is 16.8. The highest BCUT2D eigenvalue weighted by atomic mass is 31.2. The smallest absolute Gasteiger partial charge is 0.394 e. The summed E-state index contributed by atoms with van der Waals surface area (Å²) in [6, 6.07) is -1.86.